The van der Waals surface area contributed by atoms with Crippen molar-refractivity contribution in [3.05, 3.63) is 30.6 Å². The molecule has 0 spiro atoms. The number of tetrazole rings is 1. The van der Waals surface area contributed by atoms with Crippen LogP contribution in [-0.2, 0) is 9.84 Å². The molecule has 0 bridgehead atoms. The van der Waals surface area contributed by atoms with Crippen LogP contribution in [0.3, 0.4) is 0 Å². The highest BCUT2D eigenvalue weighted by atomic mass is 32.2. The molecule has 1 aromatic heterocycles. The van der Waals surface area contributed by atoms with E-state index in [1.807, 2.05) is 24.3 Å². The molecule has 1 fully saturated rings. The van der Waals surface area contributed by atoms with Gasteiger partial charge >= 0.3 is 0 Å². The normalized spacial score (nSPS) is 21.4. The molecule has 1 saturated heterocycles. The Kier molecular flexibility index (Phi) is 2.94. The van der Waals surface area contributed by atoms with Gasteiger partial charge in [-0.3, -0.25) is 0 Å². The van der Waals surface area contributed by atoms with Crippen molar-refractivity contribution in [3.8, 4) is 5.69 Å². The summed E-state index contributed by atoms with van der Waals surface area (Å²) in [7, 11) is -2.89. The van der Waals surface area contributed by atoms with Crippen molar-refractivity contribution in [1.82, 2.24) is 20.2 Å². The van der Waals surface area contributed by atoms with E-state index in [1.165, 1.54) is 6.33 Å². The molecular formula is C11H13N5O2S. The maximum absolute atomic E-state index is 11.5. The summed E-state index contributed by atoms with van der Waals surface area (Å²) in [6, 6.07) is 7.49. The minimum absolute atomic E-state index is 0.0531. The minimum Gasteiger partial charge on any atom is -0.380 e. The van der Waals surface area contributed by atoms with Gasteiger partial charge in [0.2, 0.25) is 0 Å². The molecule has 0 aliphatic carbocycles. The summed E-state index contributed by atoms with van der Waals surface area (Å²) in [5.41, 5.74) is 1.63. The summed E-state index contributed by atoms with van der Waals surface area (Å²) in [6.07, 6.45) is 2.14. The highest BCUT2D eigenvalue weighted by Crippen LogP contribution is 2.22. The minimum atomic E-state index is -2.89. The van der Waals surface area contributed by atoms with Gasteiger partial charge in [0.15, 0.2) is 9.84 Å². The van der Waals surface area contributed by atoms with Crippen LogP contribution in [0.25, 0.3) is 5.69 Å². The van der Waals surface area contributed by atoms with Crippen molar-refractivity contribution < 1.29 is 8.42 Å². The van der Waals surface area contributed by atoms with Gasteiger partial charge in [0.05, 0.1) is 22.9 Å². The second-order valence-corrected chi connectivity index (χ2v) is 6.74. The highest BCUT2D eigenvalue weighted by Gasteiger charge is 2.28. The molecule has 2 aromatic rings. The molecule has 0 saturated carbocycles. The van der Waals surface area contributed by atoms with Crippen LogP contribution < -0.4 is 5.32 Å². The van der Waals surface area contributed by atoms with Gasteiger partial charge < -0.3 is 5.32 Å². The molecule has 1 aromatic carbocycles. The molecule has 7 nitrogen and oxygen atoms in total. The SMILES string of the molecule is O=S1(=O)CCC(Nc2ccccc2-n2cnnn2)C1. The average Bonchev–Trinajstić information content (AvgIpc) is 3.00. The smallest absolute Gasteiger partial charge is 0.152 e. The predicted molar refractivity (Wildman–Crippen MR) is 69.8 cm³/mol. The van der Waals surface area contributed by atoms with E-state index in [-0.39, 0.29) is 17.5 Å². The van der Waals surface area contributed by atoms with Gasteiger partial charge in [0, 0.05) is 6.04 Å². The molecule has 2 heterocycles. The van der Waals surface area contributed by atoms with Crippen molar-refractivity contribution in [1.29, 1.82) is 0 Å². The van der Waals surface area contributed by atoms with Gasteiger partial charge in [0.1, 0.15) is 6.33 Å². The molecule has 1 aliphatic heterocycles. The standard InChI is InChI=1S/C11H13N5O2S/c17-19(18)6-5-9(7-19)13-10-3-1-2-4-11(10)16-8-12-14-15-16/h1-4,8-9,13H,5-7H2. The monoisotopic (exact) mass is 279 g/mol. The summed E-state index contributed by atoms with van der Waals surface area (Å²) in [5.74, 6) is 0.425. The van der Waals surface area contributed by atoms with Crippen molar-refractivity contribution >= 4 is 15.5 Å². The Balaban J connectivity index is 1.86. The van der Waals surface area contributed by atoms with Crippen molar-refractivity contribution in [2.75, 3.05) is 16.8 Å². The second-order valence-electron chi connectivity index (χ2n) is 4.52. The van der Waals surface area contributed by atoms with Gasteiger partial charge in [-0.2, -0.15) is 4.68 Å². The number of anilines is 1. The topological polar surface area (TPSA) is 89.8 Å². The molecule has 1 unspecified atom stereocenters. The van der Waals surface area contributed by atoms with Crippen LogP contribution >= 0.6 is 0 Å². The average molecular weight is 279 g/mol. The molecule has 3 rings (SSSR count). The lowest BCUT2D eigenvalue weighted by atomic mass is 10.2. The quantitative estimate of drug-likeness (QED) is 0.867. The lowest BCUT2D eigenvalue weighted by Crippen LogP contribution is -2.21. The van der Waals surface area contributed by atoms with E-state index in [4.69, 9.17) is 0 Å². The Labute approximate surface area is 110 Å². The number of nitrogens with zero attached hydrogens (tertiary/aromatic N) is 4. The third kappa shape index (κ3) is 2.58. The molecule has 1 atom stereocenters. The number of sulfone groups is 1. The van der Waals surface area contributed by atoms with Gasteiger partial charge in [0.25, 0.3) is 0 Å². The Morgan fingerprint density at radius 3 is 2.84 bits per heavy atom. The number of benzene rings is 1. The zero-order valence-corrected chi connectivity index (χ0v) is 10.9. The van der Waals surface area contributed by atoms with Crippen LogP contribution in [0.5, 0.6) is 0 Å². The third-order valence-corrected chi connectivity index (χ3v) is 4.86. The summed E-state index contributed by atoms with van der Waals surface area (Å²) < 4.78 is 24.5. The first kappa shape index (κ1) is 12.1. The van der Waals surface area contributed by atoms with Gasteiger partial charge in [-0.05, 0) is 29.0 Å². The number of para-hydroxylation sites is 2. The van der Waals surface area contributed by atoms with Gasteiger partial charge in [-0.1, -0.05) is 12.1 Å². The van der Waals surface area contributed by atoms with Crippen molar-refractivity contribution in [2.45, 2.75) is 12.5 Å². The first-order chi connectivity index (χ1) is 9.14. The van der Waals surface area contributed by atoms with E-state index in [2.05, 4.69) is 20.8 Å². The number of rotatable bonds is 3. The van der Waals surface area contributed by atoms with Crippen molar-refractivity contribution in [2.24, 2.45) is 0 Å². The molecule has 0 radical (unpaired) electrons. The van der Waals surface area contributed by atoms with Crippen LogP contribution in [0.1, 0.15) is 6.42 Å². The first-order valence-corrected chi connectivity index (χ1v) is 7.75. The van der Waals surface area contributed by atoms with Crippen LogP contribution in [0.15, 0.2) is 30.6 Å². The van der Waals surface area contributed by atoms with Crippen LogP contribution in [0, 0.1) is 0 Å². The largest absolute Gasteiger partial charge is 0.380 e. The van der Waals surface area contributed by atoms with Gasteiger partial charge in [-0.25, -0.2) is 8.42 Å². The predicted octanol–water partition coefficient (Wildman–Crippen LogP) is 0.261. The first-order valence-electron chi connectivity index (χ1n) is 5.93. The van der Waals surface area contributed by atoms with E-state index in [0.717, 1.165) is 11.4 Å². The fourth-order valence-corrected chi connectivity index (χ4v) is 3.87. The van der Waals surface area contributed by atoms with E-state index < -0.39 is 9.84 Å². The molecule has 0 amide bonds. The van der Waals surface area contributed by atoms with Crippen LogP contribution in [0.4, 0.5) is 5.69 Å². The fourth-order valence-electron chi connectivity index (χ4n) is 2.20. The second kappa shape index (κ2) is 4.61. The number of aromatic nitrogens is 4. The fraction of sp³-hybridized carbons (Fsp3) is 0.364. The summed E-state index contributed by atoms with van der Waals surface area (Å²) >= 11 is 0. The summed E-state index contributed by atoms with van der Waals surface area (Å²) in [6.45, 7) is 0. The maximum atomic E-state index is 11.5. The summed E-state index contributed by atoms with van der Waals surface area (Å²) in [4.78, 5) is 0. The number of hydrogen-bond acceptors (Lipinski definition) is 6. The Bertz CT molecular complexity index is 668. The van der Waals surface area contributed by atoms with Gasteiger partial charge in [-0.15, -0.1) is 5.10 Å². The van der Waals surface area contributed by atoms with Crippen LogP contribution in [0.2, 0.25) is 0 Å². The molecule has 100 valence electrons. The molecule has 8 heteroatoms. The molecule has 1 aliphatic rings. The molecule has 19 heavy (non-hydrogen) atoms. The Hall–Kier alpha value is -1.96. The highest BCUT2D eigenvalue weighted by molar-refractivity contribution is 7.91. The zero-order valence-electron chi connectivity index (χ0n) is 10.1. The lowest BCUT2D eigenvalue weighted by Gasteiger charge is -2.15. The van der Waals surface area contributed by atoms with E-state index in [9.17, 15) is 8.42 Å². The third-order valence-electron chi connectivity index (χ3n) is 3.09. The summed E-state index contributed by atoms with van der Waals surface area (Å²) in [5, 5.41) is 14.3. The van der Waals surface area contributed by atoms with Crippen molar-refractivity contribution in [3.63, 3.8) is 0 Å². The van der Waals surface area contributed by atoms with E-state index >= 15 is 0 Å². The Morgan fingerprint density at radius 2 is 2.16 bits per heavy atom. The molecule has 1 N–H and O–H groups in total. The molecular weight excluding hydrogens is 266 g/mol. The Morgan fingerprint density at radius 1 is 1.32 bits per heavy atom. The lowest BCUT2D eigenvalue weighted by molar-refractivity contribution is 0.602. The number of hydrogen-bond donors (Lipinski definition) is 1. The van der Waals surface area contributed by atoms with E-state index in [0.29, 0.717) is 6.42 Å². The number of nitrogens with one attached hydrogen (secondary N) is 1. The zero-order chi connectivity index (χ0) is 13.3. The van der Waals surface area contributed by atoms with E-state index in [1.54, 1.807) is 4.68 Å². The van der Waals surface area contributed by atoms with Crippen LogP contribution in [-0.4, -0.2) is 46.2 Å². The maximum Gasteiger partial charge on any atom is 0.152 e.